The summed E-state index contributed by atoms with van der Waals surface area (Å²) in [7, 11) is -3.79. The minimum Gasteiger partial charge on any atom is -0.356 e. The van der Waals surface area contributed by atoms with Crippen LogP contribution in [0.3, 0.4) is 0 Å². The number of benzene rings is 1. The molecule has 0 unspecified atom stereocenters. The molecule has 0 spiro atoms. The van der Waals surface area contributed by atoms with E-state index in [1.165, 1.54) is 4.31 Å². The Labute approximate surface area is 208 Å². The van der Waals surface area contributed by atoms with Crippen LogP contribution in [0.5, 0.6) is 0 Å². The minimum absolute atomic E-state index is 0.0354. The number of hydrogen-bond donors (Lipinski definition) is 1. The summed E-state index contributed by atoms with van der Waals surface area (Å²) in [5.41, 5.74) is 1.42. The molecule has 1 aliphatic rings. The van der Waals surface area contributed by atoms with E-state index in [0.29, 0.717) is 36.5 Å². The maximum absolute atomic E-state index is 13.4. The Balaban J connectivity index is 1.34. The van der Waals surface area contributed by atoms with Gasteiger partial charge in [0.15, 0.2) is 10.7 Å². The van der Waals surface area contributed by atoms with Gasteiger partial charge in [-0.3, -0.25) is 4.79 Å². The van der Waals surface area contributed by atoms with E-state index >= 15 is 0 Å². The highest BCUT2D eigenvalue weighted by molar-refractivity contribution is 7.89. The summed E-state index contributed by atoms with van der Waals surface area (Å²) in [5.74, 6) is -0.0295. The van der Waals surface area contributed by atoms with Crippen LogP contribution in [0.2, 0.25) is 5.02 Å². The van der Waals surface area contributed by atoms with Crippen molar-refractivity contribution in [3.8, 4) is 0 Å². The fraction of sp³-hybridized carbons (Fsp3) is 0.333. The highest BCUT2D eigenvalue weighted by atomic mass is 35.5. The number of rotatable bonds is 8. The van der Waals surface area contributed by atoms with E-state index in [9.17, 15) is 13.2 Å². The summed E-state index contributed by atoms with van der Waals surface area (Å²) in [5, 5.41) is 9.48. The standard InChI is InChI=1S/C24H26ClN3O4S2/c1-17-23(22(32-27-17)9-8-21-3-2-16-33-21)34(30,31)28-14-11-19(12-15-28)24(29)26-13-10-18-4-6-20(25)7-5-18/h2-9,16,19H,10-15H2,1H3,(H,26,29)/b9-8+. The molecule has 0 radical (unpaired) electrons. The van der Waals surface area contributed by atoms with Gasteiger partial charge in [0.05, 0.1) is 0 Å². The molecular formula is C24H26ClN3O4S2. The molecule has 0 saturated carbocycles. The lowest BCUT2D eigenvalue weighted by molar-refractivity contribution is -0.126. The van der Waals surface area contributed by atoms with Crippen LogP contribution < -0.4 is 5.32 Å². The fourth-order valence-corrected chi connectivity index (χ4v) is 6.42. The van der Waals surface area contributed by atoms with E-state index < -0.39 is 10.0 Å². The predicted molar refractivity (Wildman–Crippen MR) is 134 cm³/mol. The van der Waals surface area contributed by atoms with Crippen molar-refractivity contribution in [1.82, 2.24) is 14.8 Å². The summed E-state index contributed by atoms with van der Waals surface area (Å²) in [6.45, 7) is 2.70. The van der Waals surface area contributed by atoms with Gasteiger partial charge in [0, 0.05) is 35.5 Å². The van der Waals surface area contributed by atoms with Gasteiger partial charge < -0.3 is 9.84 Å². The molecule has 34 heavy (non-hydrogen) atoms. The van der Waals surface area contributed by atoms with E-state index in [1.54, 1.807) is 24.3 Å². The van der Waals surface area contributed by atoms with Crippen molar-refractivity contribution in [2.45, 2.75) is 31.1 Å². The van der Waals surface area contributed by atoms with Gasteiger partial charge >= 0.3 is 0 Å². The largest absolute Gasteiger partial charge is 0.356 e. The maximum atomic E-state index is 13.4. The first-order valence-electron chi connectivity index (χ1n) is 11.0. The van der Waals surface area contributed by atoms with Crippen LogP contribution in [0.15, 0.2) is 51.2 Å². The predicted octanol–water partition coefficient (Wildman–Crippen LogP) is 4.63. The quantitative estimate of drug-likeness (QED) is 0.468. The number of piperidine rings is 1. The molecule has 1 N–H and O–H groups in total. The lowest BCUT2D eigenvalue weighted by Gasteiger charge is -2.30. The number of carbonyl (C=O) groups is 1. The summed E-state index contributed by atoms with van der Waals surface area (Å²) in [4.78, 5) is 13.7. The van der Waals surface area contributed by atoms with Gasteiger partial charge in [-0.2, -0.15) is 4.31 Å². The van der Waals surface area contributed by atoms with Crippen LogP contribution in [-0.4, -0.2) is 43.4 Å². The number of aryl methyl sites for hydroxylation is 1. The molecule has 1 amide bonds. The van der Waals surface area contributed by atoms with Gasteiger partial charge in [-0.15, -0.1) is 11.3 Å². The van der Waals surface area contributed by atoms with E-state index in [-0.39, 0.29) is 35.6 Å². The number of hydrogen-bond acceptors (Lipinski definition) is 6. The zero-order valence-electron chi connectivity index (χ0n) is 18.7. The number of sulfonamides is 1. The van der Waals surface area contributed by atoms with Gasteiger partial charge in [0.1, 0.15) is 5.69 Å². The van der Waals surface area contributed by atoms with E-state index in [4.69, 9.17) is 16.1 Å². The molecule has 7 nitrogen and oxygen atoms in total. The van der Waals surface area contributed by atoms with Crippen molar-refractivity contribution < 1.29 is 17.7 Å². The number of halogens is 1. The number of aromatic nitrogens is 1. The molecule has 1 fully saturated rings. The third-order valence-electron chi connectivity index (χ3n) is 5.82. The molecule has 1 aliphatic heterocycles. The van der Waals surface area contributed by atoms with Crippen molar-refractivity contribution in [1.29, 1.82) is 0 Å². The first-order valence-corrected chi connectivity index (χ1v) is 13.7. The molecule has 3 aromatic rings. The van der Waals surface area contributed by atoms with E-state index in [2.05, 4.69) is 10.5 Å². The zero-order valence-corrected chi connectivity index (χ0v) is 21.1. The second-order valence-corrected chi connectivity index (χ2v) is 11.4. The first kappa shape index (κ1) is 24.7. The van der Waals surface area contributed by atoms with Crippen molar-refractivity contribution in [2.24, 2.45) is 5.92 Å². The van der Waals surface area contributed by atoms with Gasteiger partial charge in [0.2, 0.25) is 15.9 Å². The number of thiophene rings is 1. The Morgan fingerprint density at radius 2 is 1.97 bits per heavy atom. The topological polar surface area (TPSA) is 92.5 Å². The molecule has 0 bridgehead atoms. The molecular weight excluding hydrogens is 494 g/mol. The Hall–Kier alpha value is -2.46. The molecule has 1 aromatic carbocycles. The molecule has 0 aliphatic carbocycles. The lowest BCUT2D eigenvalue weighted by atomic mass is 9.97. The van der Waals surface area contributed by atoms with Crippen molar-refractivity contribution in [3.63, 3.8) is 0 Å². The van der Waals surface area contributed by atoms with Gasteiger partial charge in [-0.1, -0.05) is 35.0 Å². The Morgan fingerprint density at radius 3 is 2.65 bits per heavy atom. The van der Waals surface area contributed by atoms with Crippen LogP contribution in [0.1, 0.15) is 34.7 Å². The molecule has 1 saturated heterocycles. The number of nitrogens with one attached hydrogen (secondary N) is 1. The average Bonchev–Trinajstić information content (AvgIpc) is 3.48. The van der Waals surface area contributed by atoms with Crippen molar-refractivity contribution in [2.75, 3.05) is 19.6 Å². The molecule has 10 heteroatoms. The molecule has 180 valence electrons. The third kappa shape index (κ3) is 5.78. The van der Waals surface area contributed by atoms with Crippen LogP contribution >= 0.6 is 22.9 Å². The van der Waals surface area contributed by atoms with E-state index in [0.717, 1.165) is 10.4 Å². The monoisotopic (exact) mass is 519 g/mol. The molecule has 3 heterocycles. The van der Waals surface area contributed by atoms with Gasteiger partial charge in [-0.25, -0.2) is 8.42 Å². The fourth-order valence-electron chi connectivity index (χ4n) is 3.96. The second-order valence-electron chi connectivity index (χ2n) is 8.16. The SMILES string of the molecule is Cc1noc(/C=C/c2cccs2)c1S(=O)(=O)N1CCC(C(=O)NCCc2ccc(Cl)cc2)CC1. The Bertz CT molecular complexity index is 1240. The number of carbonyl (C=O) groups excluding carboxylic acids is 1. The highest BCUT2D eigenvalue weighted by Gasteiger charge is 2.35. The van der Waals surface area contributed by atoms with Crippen molar-refractivity contribution in [3.05, 3.63) is 68.7 Å². The van der Waals surface area contributed by atoms with Gasteiger partial charge in [-0.05, 0) is 67.5 Å². The smallest absolute Gasteiger partial charge is 0.248 e. The second kappa shape index (κ2) is 10.9. The van der Waals surface area contributed by atoms with Crippen LogP contribution in [0.4, 0.5) is 0 Å². The lowest BCUT2D eigenvalue weighted by Crippen LogP contribution is -2.43. The molecule has 0 atom stereocenters. The molecule has 4 rings (SSSR count). The van der Waals surface area contributed by atoms with Crippen LogP contribution in [0.25, 0.3) is 12.2 Å². The number of nitrogens with zero attached hydrogens (tertiary/aromatic N) is 2. The number of amides is 1. The van der Waals surface area contributed by atoms with Gasteiger partial charge in [0.25, 0.3) is 0 Å². The normalized spacial score (nSPS) is 15.7. The summed E-state index contributed by atoms with van der Waals surface area (Å²) in [6, 6.07) is 11.4. The van der Waals surface area contributed by atoms with Crippen LogP contribution in [0, 0.1) is 12.8 Å². The Kier molecular flexibility index (Phi) is 7.88. The summed E-state index contributed by atoms with van der Waals surface area (Å²) in [6.07, 6.45) is 5.10. The average molecular weight is 520 g/mol. The minimum atomic E-state index is -3.79. The third-order valence-corrected chi connectivity index (χ3v) is 8.97. The summed E-state index contributed by atoms with van der Waals surface area (Å²) >= 11 is 7.45. The van der Waals surface area contributed by atoms with Crippen LogP contribution in [-0.2, 0) is 21.2 Å². The van der Waals surface area contributed by atoms with Crippen molar-refractivity contribution >= 4 is 51.0 Å². The molecule has 2 aromatic heterocycles. The first-order chi connectivity index (χ1) is 16.3. The Morgan fingerprint density at radius 1 is 1.24 bits per heavy atom. The summed E-state index contributed by atoms with van der Waals surface area (Å²) < 4.78 is 33.5. The highest BCUT2D eigenvalue weighted by Crippen LogP contribution is 2.29. The maximum Gasteiger partial charge on any atom is 0.248 e. The zero-order chi connectivity index (χ0) is 24.1. The van der Waals surface area contributed by atoms with E-state index in [1.807, 2.05) is 47.9 Å².